The number of carbonyl (C=O) groups is 1. The number of aromatic nitrogens is 1. The van der Waals surface area contributed by atoms with E-state index in [9.17, 15) is 4.79 Å². The summed E-state index contributed by atoms with van der Waals surface area (Å²) in [6, 6.07) is 0. The molecule has 0 aliphatic carbocycles. The van der Waals surface area contributed by atoms with E-state index in [1.54, 1.807) is 11.3 Å². The van der Waals surface area contributed by atoms with Gasteiger partial charge in [-0.05, 0) is 25.7 Å². The van der Waals surface area contributed by atoms with Crippen molar-refractivity contribution >= 4 is 17.3 Å². The predicted octanol–water partition coefficient (Wildman–Crippen LogP) is 8.53. The van der Waals surface area contributed by atoms with Gasteiger partial charge in [0.25, 0.3) is 0 Å². The summed E-state index contributed by atoms with van der Waals surface area (Å²) in [5, 5.41) is 2.10. The van der Waals surface area contributed by atoms with Gasteiger partial charge in [0.15, 0.2) is 12.5 Å². The summed E-state index contributed by atoms with van der Waals surface area (Å²) < 4.78 is 19.3. The standard InChI is InChI=1S/C31H56NO4S/c1-2-3-4-5-6-7-8-9-10-11-12-13-14-15-19-22-31-35-27-29(36-31)26-34-30(33)21-18-16-17-20-23-32-24-25-37-28-32/h24-25,28-29,31H,2-23,26-27H2,1H3/q+1/t29-,31-/m0/s1. The maximum absolute atomic E-state index is 12.0. The Balaban J connectivity index is 1.29. The Morgan fingerprint density at radius 2 is 1.43 bits per heavy atom. The van der Waals surface area contributed by atoms with Gasteiger partial charge < -0.3 is 14.2 Å². The molecular formula is C31H56NO4S+. The van der Waals surface area contributed by atoms with Crippen molar-refractivity contribution < 1.29 is 23.6 Å². The zero-order chi connectivity index (χ0) is 26.2. The van der Waals surface area contributed by atoms with Gasteiger partial charge in [0, 0.05) is 12.8 Å². The van der Waals surface area contributed by atoms with Crippen molar-refractivity contribution in [1.82, 2.24) is 0 Å². The summed E-state index contributed by atoms with van der Waals surface area (Å²) in [5.41, 5.74) is 2.14. The van der Waals surface area contributed by atoms with Gasteiger partial charge in [-0.2, -0.15) is 4.57 Å². The summed E-state index contributed by atoms with van der Waals surface area (Å²) >= 11 is 1.72. The highest BCUT2D eigenvalue weighted by atomic mass is 32.1. The van der Waals surface area contributed by atoms with Crippen LogP contribution in [0.2, 0.25) is 0 Å². The van der Waals surface area contributed by atoms with Crippen LogP contribution in [0.15, 0.2) is 17.1 Å². The highest BCUT2D eigenvalue weighted by Crippen LogP contribution is 2.19. The van der Waals surface area contributed by atoms with E-state index >= 15 is 0 Å². The highest BCUT2D eigenvalue weighted by Gasteiger charge is 2.26. The van der Waals surface area contributed by atoms with Crippen molar-refractivity contribution in [2.45, 2.75) is 161 Å². The van der Waals surface area contributed by atoms with Crippen molar-refractivity contribution in [3.63, 3.8) is 0 Å². The Labute approximate surface area is 231 Å². The molecule has 1 aromatic heterocycles. The Morgan fingerprint density at radius 3 is 2.05 bits per heavy atom. The second-order valence-corrected chi connectivity index (χ2v) is 11.6. The number of thiazole rings is 1. The number of aryl methyl sites for hydroxylation is 1. The average molecular weight is 539 g/mol. The molecule has 1 aromatic rings. The molecule has 0 bridgehead atoms. The largest absolute Gasteiger partial charge is 0.463 e. The van der Waals surface area contributed by atoms with Gasteiger partial charge in [-0.1, -0.05) is 115 Å². The Kier molecular flexibility index (Phi) is 20.0. The average Bonchev–Trinajstić information content (AvgIpc) is 3.59. The lowest BCUT2D eigenvalue weighted by molar-refractivity contribution is -0.692. The molecule has 0 aromatic carbocycles. The molecule has 1 aliphatic heterocycles. The van der Waals surface area contributed by atoms with Crippen LogP contribution in [0, 0.1) is 0 Å². The van der Waals surface area contributed by atoms with Crippen LogP contribution in [0.5, 0.6) is 0 Å². The van der Waals surface area contributed by atoms with Crippen LogP contribution in [0.4, 0.5) is 0 Å². The van der Waals surface area contributed by atoms with Crippen LogP contribution >= 0.6 is 11.3 Å². The molecule has 214 valence electrons. The summed E-state index contributed by atoms with van der Waals surface area (Å²) in [5.74, 6) is -0.110. The minimum atomic E-state index is -0.119. The van der Waals surface area contributed by atoms with Crippen LogP contribution in [0.3, 0.4) is 0 Å². The second-order valence-electron chi connectivity index (χ2n) is 10.9. The number of carbonyl (C=O) groups excluding carboxylic acids is 1. The molecule has 0 N–H and O–H groups in total. The maximum atomic E-state index is 12.0. The first-order chi connectivity index (χ1) is 18.3. The van der Waals surface area contributed by atoms with E-state index in [-0.39, 0.29) is 18.4 Å². The summed E-state index contributed by atoms with van der Waals surface area (Å²) in [4.78, 5) is 12.0. The maximum Gasteiger partial charge on any atom is 0.305 e. The molecule has 0 unspecified atom stereocenters. The molecule has 2 heterocycles. The fourth-order valence-electron chi connectivity index (χ4n) is 4.99. The normalized spacial score (nSPS) is 17.4. The van der Waals surface area contributed by atoms with E-state index in [1.807, 2.05) is 0 Å². The first-order valence-corrected chi connectivity index (χ1v) is 16.6. The van der Waals surface area contributed by atoms with Crippen molar-refractivity contribution in [3.8, 4) is 0 Å². The molecule has 2 atom stereocenters. The summed E-state index contributed by atoms with van der Waals surface area (Å²) in [7, 11) is 0. The third kappa shape index (κ3) is 18.0. The van der Waals surface area contributed by atoms with Crippen LogP contribution in [-0.2, 0) is 25.5 Å². The van der Waals surface area contributed by atoms with Crippen molar-refractivity contribution in [1.29, 1.82) is 0 Å². The topological polar surface area (TPSA) is 48.6 Å². The van der Waals surface area contributed by atoms with Crippen LogP contribution < -0.4 is 4.57 Å². The number of hydrogen-bond acceptors (Lipinski definition) is 5. The van der Waals surface area contributed by atoms with E-state index < -0.39 is 0 Å². The highest BCUT2D eigenvalue weighted by molar-refractivity contribution is 7.07. The first-order valence-electron chi connectivity index (χ1n) is 15.6. The SMILES string of the molecule is CCCCCCCCCCCCCCCCC[C@H]1OC[C@H](COC(=O)CCCCCC[n+]2ccsc2)O1. The van der Waals surface area contributed by atoms with E-state index in [2.05, 4.69) is 28.6 Å². The van der Waals surface area contributed by atoms with Crippen LogP contribution in [-0.4, -0.2) is 31.6 Å². The number of rotatable bonds is 25. The van der Waals surface area contributed by atoms with Gasteiger partial charge in [-0.3, -0.25) is 4.79 Å². The molecule has 0 amide bonds. The number of unbranched alkanes of at least 4 members (excludes halogenated alkanes) is 17. The van der Waals surface area contributed by atoms with Gasteiger partial charge in [0.1, 0.15) is 19.3 Å². The lowest BCUT2D eigenvalue weighted by Gasteiger charge is -2.12. The van der Waals surface area contributed by atoms with Gasteiger partial charge >= 0.3 is 5.97 Å². The zero-order valence-corrected chi connectivity index (χ0v) is 24.7. The molecule has 37 heavy (non-hydrogen) atoms. The third-order valence-electron chi connectivity index (χ3n) is 7.36. The van der Waals surface area contributed by atoms with Crippen LogP contribution in [0.25, 0.3) is 0 Å². The molecular weight excluding hydrogens is 482 g/mol. The van der Waals surface area contributed by atoms with E-state index in [0.29, 0.717) is 19.6 Å². The van der Waals surface area contributed by atoms with Crippen molar-refractivity contribution in [2.24, 2.45) is 0 Å². The molecule has 6 heteroatoms. The van der Waals surface area contributed by atoms with Gasteiger partial charge in [0.05, 0.1) is 12.0 Å². The molecule has 0 saturated carbocycles. The minimum absolute atomic E-state index is 0.104. The van der Waals surface area contributed by atoms with E-state index in [1.165, 1.54) is 89.9 Å². The molecule has 2 rings (SSSR count). The Bertz CT molecular complexity index is 639. The molecule has 1 fully saturated rings. The molecule has 0 spiro atoms. The molecule has 5 nitrogen and oxygen atoms in total. The number of hydrogen-bond donors (Lipinski definition) is 0. The number of esters is 1. The van der Waals surface area contributed by atoms with Crippen molar-refractivity contribution in [2.75, 3.05) is 13.2 Å². The second kappa shape index (κ2) is 23.0. The quantitative estimate of drug-likeness (QED) is 0.0711. The lowest BCUT2D eigenvalue weighted by atomic mass is 10.0. The fraction of sp³-hybridized carbons (Fsp3) is 0.871. The first kappa shape index (κ1) is 32.2. The predicted molar refractivity (Wildman–Crippen MR) is 153 cm³/mol. The minimum Gasteiger partial charge on any atom is -0.463 e. The lowest BCUT2D eigenvalue weighted by Crippen LogP contribution is -2.29. The van der Waals surface area contributed by atoms with E-state index in [4.69, 9.17) is 14.2 Å². The van der Waals surface area contributed by atoms with Gasteiger partial charge in [-0.25, -0.2) is 0 Å². The van der Waals surface area contributed by atoms with Gasteiger partial charge in [0.2, 0.25) is 5.51 Å². The van der Waals surface area contributed by atoms with Crippen molar-refractivity contribution in [3.05, 3.63) is 17.1 Å². The molecule has 1 aliphatic rings. The number of nitrogens with zero attached hydrogens (tertiary/aromatic N) is 1. The Morgan fingerprint density at radius 1 is 0.838 bits per heavy atom. The number of ether oxygens (including phenoxy) is 3. The Hall–Kier alpha value is -0.980. The summed E-state index contributed by atoms with van der Waals surface area (Å²) in [6.07, 6.45) is 28.3. The monoisotopic (exact) mass is 538 g/mol. The molecule has 1 saturated heterocycles. The van der Waals surface area contributed by atoms with E-state index in [0.717, 1.165) is 45.1 Å². The smallest absolute Gasteiger partial charge is 0.305 e. The third-order valence-corrected chi connectivity index (χ3v) is 8.03. The van der Waals surface area contributed by atoms with Gasteiger partial charge in [-0.15, -0.1) is 0 Å². The fourth-order valence-corrected chi connectivity index (χ4v) is 5.62. The summed E-state index contributed by atoms with van der Waals surface area (Å²) in [6.45, 7) is 4.21. The molecule has 0 radical (unpaired) electrons. The zero-order valence-electron chi connectivity index (χ0n) is 23.8. The van der Waals surface area contributed by atoms with Crippen LogP contribution in [0.1, 0.15) is 142 Å².